The molecule has 1 aromatic rings. The maximum absolute atomic E-state index is 12.6. The highest BCUT2D eigenvalue weighted by Gasteiger charge is 2.37. The average Bonchev–Trinajstić information content (AvgIpc) is 3.15. The van der Waals surface area contributed by atoms with Gasteiger partial charge < -0.3 is 19.3 Å². The van der Waals surface area contributed by atoms with Crippen molar-refractivity contribution in [1.82, 2.24) is 14.7 Å². The summed E-state index contributed by atoms with van der Waals surface area (Å²) in [5.74, 6) is -0.121. The number of hydrogen-bond acceptors (Lipinski definition) is 5. The van der Waals surface area contributed by atoms with Crippen LogP contribution < -0.4 is 0 Å². The van der Waals surface area contributed by atoms with Crippen LogP contribution in [0.25, 0.3) is 0 Å². The Kier molecular flexibility index (Phi) is 6.30. The van der Waals surface area contributed by atoms with Gasteiger partial charge >= 0.3 is 12.2 Å². The van der Waals surface area contributed by atoms with E-state index in [0.29, 0.717) is 32.6 Å². The van der Waals surface area contributed by atoms with Gasteiger partial charge in [-0.15, -0.1) is 0 Å². The van der Waals surface area contributed by atoms with Gasteiger partial charge in [0.2, 0.25) is 5.91 Å². The second kappa shape index (κ2) is 8.71. The van der Waals surface area contributed by atoms with E-state index in [1.54, 1.807) is 9.80 Å². The molecule has 2 heterocycles. The molecular formula is C21H29N3O5. The second-order valence-corrected chi connectivity index (χ2v) is 8.42. The number of carbonyl (C=O) groups excluding carboxylic acids is 3. The molecule has 1 unspecified atom stereocenters. The summed E-state index contributed by atoms with van der Waals surface area (Å²) in [5.41, 5.74) is 0.357. The van der Waals surface area contributed by atoms with Gasteiger partial charge in [0.1, 0.15) is 18.8 Å². The molecule has 1 aromatic carbocycles. The molecule has 2 saturated heterocycles. The number of nitrogens with zero attached hydrogens (tertiary/aromatic N) is 3. The molecule has 0 aliphatic carbocycles. The summed E-state index contributed by atoms with van der Waals surface area (Å²) < 4.78 is 10.7. The smallest absolute Gasteiger partial charge is 0.410 e. The molecular weight excluding hydrogens is 374 g/mol. The van der Waals surface area contributed by atoms with E-state index in [2.05, 4.69) is 0 Å². The molecule has 29 heavy (non-hydrogen) atoms. The summed E-state index contributed by atoms with van der Waals surface area (Å²) in [6, 6.07) is 9.38. The lowest BCUT2D eigenvalue weighted by atomic mass is 10.2. The summed E-state index contributed by atoms with van der Waals surface area (Å²) in [5, 5.41) is 0. The molecule has 0 radical (unpaired) electrons. The van der Waals surface area contributed by atoms with E-state index in [9.17, 15) is 14.4 Å². The summed E-state index contributed by atoms with van der Waals surface area (Å²) >= 11 is 0. The molecule has 2 aliphatic rings. The van der Waals surface area contributed by atoms with E-state index in [1.807, 2.05) is 51.1 Å². The van der Waals surface area contributed by atoms with Gasteiger partial charge in [0.25, 0.3) is 0 Å². The average molecular weight is 403 g/mol. The van der Waals surface area contributed by atoms with Gasteiger partial charge in [-0.1, -0.05) is 30.3 Å². The third kappa shape index (κ3) is 5.62. The van der Waals surface area contributed by atoms with Crippen LogP contribution >= 0.6 is 0 Å². The zero-order valence-corrected chi connectivity index (χ0v) is 17.3. The molecule has 0 bridgehead atoms. The van der Waals surface area contributed by atoms with Crippen LogP contribution in [0.2, 0.25) is 0 Å². The van der Waals surface area contributed by atoms with Gasteiger partial charge in [-0.3, -0.25) is 9.69 Å². The Bertz CT molecular complexity index is 746. The highest BCUT2D eigenvalue weighted by molar-refractivity contribution is 5.84. The van der Waals surface area contributed by atoms with Crippen LogP contribution in [0.15, 0.2) is 30.3 Å². The van der Waals surface area contributed by atoms with Crippen molar-refractivity contribution in [3.05, 3.63) is 35.9 Å². The van der Waals surface area contributed by atoms with Crippen LogP contribution in [0.5, 0.6) is 0 Å². The Morgan fingerprint density at radius 2 is 1.76 bits per heavy atom. The summed E-state index contributed by atoms with van der Waals surface area (Å²) in [4.78, 5) is 42.0. The van der Waals surface area contributed by atoms with Crippen molar-refractivity contribution in [3.8, 4) is 0 Å². The zero-order valence-electron chi connectivity index (χ0n) is 17.3. The number of piperazine rings is 1. The van der Waals surface area contributed by atoms with Gasteiger partial charge in [0, 0.05) is 26.2 Å². The Labute approximate surface area is 171 Å². The maximum Gasteiger partial charge on any atom is 0.410 e. The minimum atomic E-state index is -0.545. The van der Waals surface area contributed by atoms with Crippen molar-refractivity contribution in [1.29, 1.82) is 0 Å². The van der Waals surface area contributed by atoms with E-state index >= 15 is 0 Å². The first-order chi connectivity index (χ1) is 13.7. The van der Waals surface area contributed by atoms with Crippen molar-refractivity contribution in [2.75, 3.05) is 32.7 Å². The van der Waals surface area contributed by atoms with E-state index in [1.165, 1.54) is 4.90 Å². The summed E-state index contributed by atoms with van der Waals surface area (Å²) in [6.45, 7) is 7.55. The third-order valence-corrected chi connectivity index (χ3v) is 4.98. The lowest BCUT2D eigenvalue weighted by molar-refractivity contribution is -0.137. The van der Waals surface area contributed by atoms with E-state index in [4.69, 9.17) is 9.47 Å². The van der Waals surface area contributed by atoms with Crippen molar-refractivity contribution >= 4 is 18.1 Å². The molecule has 8 heteroatoms. The Balaban J connectivity index is 1.47. The standard InChI is InChI=1S/C21H29N3O5/c1-21(2,3)29-20(27)22-10-9-17(13-22)24-12-11-23(14-18(24)25)19(26)28-15-16-7-5-4-6-8-16/h4-8,17H,9-15H2,1-3H3. The third-order valence-electron chi connectivity index (χ3n) is 4.98. The van der Waals surface area contributed by atoms with Crippen LogP contribution in [-0.2, 0) is 20.9 Å². The lowest BCUT2D eigenvalue weighted by Crippen LogP contribution is -2.56. The van der Waals surface area contributed by atoms with Crippen molar-refractivity contribution in [3.63, 3.8) is 0 Å². The highest BCUT2D eigenvalue weighted by Crippen LogP contribution is 2.21. The number of ether oxygens (including phenoxy) is 2. The molecule has 0 saturated carbocycles. The lowest BCUT2D eigenvalue weighted by Gasteiger charge is -2.37. The van der Waals surface area contributed by atoms with Crippen molar-refractivity contribution < 1.29 is 23.9 Å². The van der Waals surface area contributed by atoms with Gasteiger partial charge in [0.15, 0.2) is 0 Å². The fraction of sp³-hybridized carbons (Fsp3) is 0.571. The number of rotatable bonds is 3. The number of amides is 3. The molecule has 3 rings (SSSR count). The number of likely N-dealkylation sites (tertiary alicyclic amines) is 1. The number of hydrogen-bond donors (Lipinski definition) is 0. The normalized spacial score (nSPS) is 20.0. The molecule has 158 valence electrons. The largest absolute Gasteiger partial charge is 0.445 e. The van der Waals surface area contributed by atoms with Crippen molar-refractivity contribution in [2.45, 2.75) is 45.4 Å². The monoisotopic (exact) mass is 403 g/mol. The molecule has 2 aliphatic heterocycles. The predicted octanol–water partition coefficient (Wildman–Crippen LogP) is 2.48. The highest BCUT2D eigenvalue weighted by atomic mass is 16.6. The van der Waals surface area contributed by atoms with E-state index in [0.717, 1.165) is 5.56 Å². The molecule has 1 atom stereocenters. The molecule has 0 N–H and O–H groups in total. The first-order valence-electron chi connectivity index (χ1n) is 9.96. The van der Waals surface area contributed by atoms with Gasteiger partial charge in [-0.25, -0.2) is 9.59 Å². The molecule has 0 spiro atoms. The van der Waals surface area contributed by atoms with Crippen LogP contribution in [0.4, 0.5) is 9.59 Å². The minimum Gasteiger partial charge on any atom is -0.445 e. The first-order valence-corrected chi connectivity index (χ1v) is 9.96. The van der Waals surface area contributed by atoms with Gasteiger partial charge in [-0.2, -0.15) is 0 Å². The van der Waals surface area contributed by atoms with E-state index in [-0.39, 0.29) is 31.2 Å². The quantitative estimate of drug-likeness (QED) is 0.775. The zero-order chi connectivity index (χ0) is 21.0. The topological polar surface area (TPSA) is 79.4 Å². The second-order valence-electron chi connectivity index (χ2n) is 8.42. The van der Waals surface area contributed by atoms with Gasteiger partial charge in [0.05, 0.1) is 6.04 Å². The van der Waals surface area contributed by atoms with Crippen molar-refractivity contribution in [2.24, 2.45) is 0 Å². The van der Waals surface area contributed by atoms with Crippen LogP contribution in [0, 0.1) is 0 Å². The fourth-order valence-electron chi connectivity index (χ4n) is 3.53. The van der Waals surface area contributed by atoms with Crippen LogP contribution in [-0.4, -0.2) is 77.2 Å². The summed E-state index contributed by atoms with van der Waals surface area (Å²) in [7, 11) is 0. The molecule has 3 amide bonds. The number of carbonyl (C=O) groups is 3. The van der Waals surface area contributed by atoms with Crippen LogP contribution in [0.3, 0.4) is 0 Å². The molecule has 2 fully saturated rings. The fourth-order valence-corrected chi connectivity index (χ4v) is 3.53. The van der Waals surface area contributed by atoms with Gasteiger partial charge in [-0.05, 0) is 32.8 Å². The maximum atomic E-state index is 12.6. The Morgan fingerprint density at radius 1 is 1.03 bits per heavy atom. The number of benzene rings is 1. The first kappa shape index (κ1) is 21.0. The predicted molar refractivity (Wildman–Crippen MR) is 106 cm³/mol. The van der Waals surface area contributed by atoms with E-state index < -0.39 is 11.7 Å². The summed E-state index contributed by atoms with van der Waals surface area (Å²) in [6.07, 6.45) is -0.122. The SMILES string of the molecule is CC(C)(C)OC(=O)N1CCC(N2CCN(C(=O)OCc3ccccc3)CC2=O)C1. The Hall–Kier alpha value is -2.77. The minimum absolute atomic E-state index is 0.00341. The molecule has 0 aromatic heterocycles. The van der Waals surface area contributed by atoms with Crippen LogP contribution in [0.1, 0.15) is 32.8 Å². The molecule has 8 nitrogen and oxygen atoms in total. The Morgan fingerprint density at radius 3 is 2.41 bits per heavy atom.